The number of nitrogens with two attached hydrogens (primary N) is 1. The van der Waals surface area contributed by atoms with Crippen LogP contribution >= 0.6 is 0 Å². The first-order valence-corrected chi connectivity index (χ1v) is 8.92. The lowest BCUT2D eigenvalue weighted by Crippen LogP contribution is -2.41. The number of benzene rings is 1. The Labute approximate surface area is 145 Å². The number of nitrogens with one attached hydrogen (secondary N) is 2. The normalized spacial score (nSPS) is 13.9. The highest BCUT2D eigenvalue weighted by Gasteiger charge is 2.29. The van der Waals surface area contributed by atoms with E-state index >= 15 is 0 Å². The van der Waals surface area contributed by atoms with Crippen LogP contribution in [-0.2, 0) is 16.1 Å². The summed E-state index contributed by atoms with van der Waals surface area (Å²) in [4.78, 5) is 12.2. The summed E-state index contributed by atoms with van der Waals surface area (Å²) >= 11 is -2.46. The van der Waals surface area contributed by atoms with Crippen LogP contribution in [0.2, 0.25) is 0 Å². The van der Waals surface area contributed by atoms with Crippen molar-refractivity contribution >= 4 is 22.9 Å². The number of rotatable bonds is 9. The van der Waals surface area contributed by atoms with E-state index in [1.807, 2.05) is 6.92 Å². The van der Waals surface area contributed by atoms with Crippen molar-refractivity contribution in [2.45, 2.75) is 40.2 Å². The summed E-state index contributed by atoms with van der Waals surface area (Å²) in [6.45, 7) is 8.06. The van der Waals surface area contributed by atoms with Gasteiger partial charge in [-0.15, -0.1) is 0 Å². The molecular formula is C16H26N3O4S-. The Morgan fingerprint density at radius 3 is 2.67 bits per heavy atom. The Morgan fingerprint density at radius 1 is 1.46 bits per heavy atom. The third-order valence-corrected chi connectivity index (χ3v) is 3.84. The zero-order chi connectivity index (χ0) is 18.3. The van der Waals surface area contributed by atoms with Crippen LogP contribution in [0.15, 0.2) is 18.2 Å². The SMILES string of the molecule is CCCNC(=O)C(C)(C)COc1cccc(NS(=O)[O-])c1C(C)N. The van der Waals surface area contributed by atoms with Crippen molar-refractivity contribution in [2.75, 3.05) is 17.9 Å². The van der Waals surface area contributed by atoms with E-state index in [4.69, 9.17) is 10.5 Å². The van der Waals surface area contributed by atoms with E-state index in [2.05, 4.69) is 10.0 Å². The molecule has 4 N–H and O–H groups in total. The molecule has 0 fully saturated rings. The van der Waals surface area contributed by atoms with Gasteiger partial charge in [0.1, 0.15) is 12.4 Å². The van der Waals surface area contributed by atoms with Gasteiger partial charge in [-0.05, 0) is 39.3 Å². The van der Waals surface area contributed by atoms with Gasteiger partial charge in [0.25, 0.3) is 0 Å². The molecule has 0 aliphatic heterocycles. The molecule has 1 aromatic carbocycles. The van der Waals surface area contributed by atoms with Crippen molar-refractivity contribution in [1.29, 1.82) is 0 Å². The fraction of sp³-hybridized carbons (Fsp3) is 0.562. The fourth-order valence-corrected chi connectivity index (χ4v) is 2.48. The van der Waals surface area contributed by atoms with E-state index in [1.54, 1.807) is 39.0 Å². The molecule has 0 aliphatic carbocycles. The number of amides is 1. The highest BCUT2D eigenvalue weighted by molar-refractivity contribution is 7.80. The van der Waals surface area contributed by atoms with E-state index in [9.17, 15) is 13.6 Å². The van der Waals surface area contributed by atoms with Gasteiger partial charge in [-0.25, -0.2) is 0 Å². The molecule has 0 heterocycles. The van der Waals surface area contributed by atoms with Crippen molar-refractivity contribution in [3.8, 4) is 5.75 Å². The number of carbonyl (C=O) groups is 1. The molecule has 1 rings (SSSR count). The van der Waals surface area contributed by atoms with Crippen molar-refractivity contribution in [3.05, 3.63) is 23.8 Å². The third kappa shape index (κ3) is 5.77. The minimum atomic E-state index is -2.46. The van der Waals surface area contributed by atoms with Crippen LogP contribution < -0.4 is 20.5 Å². The van der Waals surface area contributed by atoms with Crippen molar-refractivity contribution in [3.63, 3.8) is 0 Å². The molecule has 2 atom stereocenters. The summed E-state index contributed by atoms with van der Waals surface area (Å²) in [5.41, 5.74) is 6.14. The summed E-state index contributed by atoms with van der Waals surface area (Å²) < 4.78 is 30.0. The summed E-state index contributed by atoms with van der Waals surface area (Å²) in [6, 6.07) is 4.54. The molecule has 0 bridgehead atoms. The van der Waals surface area contributed by atoms with Crippen LogP contribution in [0.1, 0.15) is 45.7 Å². The zero-order valence-corrected chi connectivity index (χ0v) is 15.4. The van der Waals surface area contributed by atoms with Crippen LogP contribution in [0.25, 0.3) is 0 Å². The lowest BCUT2D eigenvalue weighted by atomic mass is 9.93. The van der Waals surface area contributed by atoms with E-state index in [-0.39, 0.29) is 12.5 Å². The molecule has 7 nitrogen and oxygen atoms in total. The quantitative estimate of drug-likeness (QED) is 0.584. The lowest BCUT2D eigenvalue weighted by Gasteiger charge is -2.26. The van der Waals surface area contributed by atoms with E-state index in [1.165, 1.54) is 0 Å². The van der Waals surface area contributed by atoms with Gasteiger partial charge in [-0.3, -0.25) is 9.00 Å². The average molecular weight is 356 g/mol. The largest absolute Gasteiger partial charge is 0.755 e. The molecular weight excluding hydrogens is 330 g/mol. The second-order valence-corrected chi connectivity index (χ2v) is 6.94. The van der Waals surface area contributed by atoms with Crippen molar-refractivity contribution < 1.29 is 18.3 Å². The molecule has 1 aromatic rings. The standard InChI is InChI=1S/C16H27N3O4S/c1-5-9-18-15(20)16(3,4)10-23-13-8-6-7-12(19-24(21)22)14(13)11(2)17/h6-8,11,19H,5,9-10,17H2,1-4H3,(H,18,20)(H,21,22)/p-1. The van der Waals surface area contributed by atoms with Gasteiger partial charge in [0, 0.05) is 29.4 Å². The molecule has 0 saturated carbocycles. The fourth-order valence-electron chi connectivity index (χ4n) is 2.12. The predicted molar refractivity (Wildman–Crippen MR) is 94.2 cm³/mol. The Bertz CT molecular complexity index is 591. The van der Waals surface area contributed by atoms with Gasteiger partial charge >= 0.3 is 0 Å². The van der Waals surface area contributed by atoms with Crippen LogP contribution in [0.5, 0.6) is 5.75 Å². The summed E-state index contributed by atoms with van der Waals surface area (Å²) in [6.07, 6.45) is 0.859. The van der Waals surface area contributed by atoms with E-state index in [0.29, 0.717) is 23.5 Å². The average Bonchev–Trinajstić information content (AvgIpc) is 2.49. The molecule has 1 amide bonds. The first kappa shape index (κ1) is 20.4. The Balaban J connectivity index is 2.94. The predicted octanol–water partition coefficient (Wildman–Crippen LogP) is 1.84. The van der Waals surface area contributed by atoms with Crippen LogP contribution in [0.4, 0.5) is 5.69 Å². The van der Waals surface area contributed by atoms with E-state index in [0.717, 1.165) is 6.42 Å². The van der Waals surface area contributed by atoms with E-state index < -0.39 is 22.7 Å². The topological polar surface area (TPSA) is 117 Å². The van der Waals surface area contributed by atoms with Crippen LogP contribution in [0.3, 0.4) is 0 Å². The molecule has 0 spiro atoms. The van der Waals surface area contributed by atoms with Gasteiger partial charge in [0.2, 0.25) is 5.91 Å². The van der Waals surface area contributed by atoms with Crippen LogP contribution in [-0.4, -0.2) is 27.8 Å². The summed E-state index contributed by atoms with van der Waals surface area (Å²) in [5.74, 6) is 0.360. The van der Waals surface area contributed by atoms with Crippen molar-refractivity contribution in [1.82, 2.24) is 5.32 Å². The maximum atomic E-state index is 12.2. The molecule has 24 heavy (non-hydrogen) atoms. The highest BCUT2D eigenvalue weighted by atomic mass is 32.2. The Hall–Kier alpha value is -1.64. The molecule has 0 aromatic heterocycles. The molecule has 0 radical (unpaired) electrons. The lowest BCUT2D eigenvalue weighted by molar-refractivity contribution is -0.130. The number of anilines is 1. The minimum Gasteiger partial charge on any atom is -0.755 e. The summed E-state index contributed by atoms with van der Waals surface area (Å²) in [5, 5.41) is 2.85. The maximum absolute atomic E-state index is 12.2. The molecule has 0 aliphatic rings. The molecule has 0 saturated heterocycles. The molecule has 8 heteroatoms. The smallest absolute Gasteiger partial charge is 0.229 e. The zero-order valence-electron chi connectivity index (χ0n) is 14.5. The van der Waals surface area contributed by atoms with Gasteiger partial charge in [-0.1, -0.05) is 13.0 Å². The second-order valence-electron chi connectivity index (χ2n) is 6.27. The number of hydrogen-bond acceptors (Lipinski definition) is 5. The van der Waals surface area contributed by atoms with Gasteiger partial charge in [-0.2, -0.15) is 0 Å². The monoisotopic (exact) mass is 356 g/mol. The highest BCUT2D eigenvalue weighted by Crippen LogP contribution is 2.32. The Kier molecular flexibility index (Phi) is 7.65. The molecule has 136 valence electrons. The second kappa shape index (κ2) is 9.00. The van der Waals surface area contributed by atoms with Crippen LogP contribution in [0, 0.1) is 5.41 Å². The molecule has 2 unspecified atom stereocenters. The van der Waals surface area contributed by atoms with Gasteiger partial charge in [0.05, 0.1) is 11.1 Å². The third-order valence-electron chi connectivity index (χ3n) is 3.45. The number of hydrogen-bond donors (Lipinski definition) is 3. The van der Waals surface area contributed by atoms with Gasteiger partial charge < -0.3 is 25.1 Å². The number of carbonyl (C=O) groups excluding carboxylic acids is 1. The first-order valence-electron chi connectivity index (χ1n) is 7.84. The summed E-state index contributed by atoms with van der Waals surface area (Å²) in [7, 11) is 0. The Morgan fingerprint density at radius 2 is 2.12 bits per heavy atom. The minimum absolute atomic E-state index is 0.0957. The number of ether oxygens (including phenoxy) is 1. The van der Waals surface area contributed by atoms with Crippen molar-refractivity contribution in [2.24, 2.45) is 11.1 Å². The van der Waals surface area contributed by atoms with Gasteiger partial charge in [0.15, 0.2) is 0 Å². The first-order chi connectivity index (χ1) is 11.2. The maximum Gasteiger partial charge on any atom is 0.229 e.